The number of halogens is 1. The van der Waals surface area contributed by atoms with Gasteiger partial charge >= 0.3 is 0 Å². The van der Waals surface area contributed by atoms with Gasteiger partial charge in [-0.25, -0.2) is 4.98 Å². The van der Waals surface area contributed by atoms with E-state index < -0.39 is 0 Å². The van der Waals surface area contributed by atoms with E-state index >= 15 is 0 Å². The highest BCUT2D eigenvalue weighted by atomic mass is 35.5. The molecule has 0 saturated carbocycles. The molecule has 0 aliphatic heterocycles. The molecule has 2 N–H and O–H groups in total. The van der Waals surface area contributed by atoms with Crippen molar-refractivity contribution in [3.63, 3.8) is 0 Å². The Morgan fingerprint density at radius 3 is 2.44 bits per heavy atom. The van der Waals surface area contributed by atoms with Crippen LogP contribution in [0.1, 0.15) is 13.8 Å². The maximum absolute atomic E-state index is 5.93. The van der Waals surface area contributed by atoms with Crippen molar-refractivity contribution >= 4 is 23.4 Å². The van der Waals surface area contributed by atoms with Crippen molar-refractivity contribution in [2.75, 3.05) is 44.4 Å². The Labute approximate surface area is 114 Å². The first-order chi connectivity index (χ1) is 8.38. The number of nitrogen functional groups attached to an aromatic ring is 1. The fourth-order valence-electron chi connectivity index (χ4n) is 1.65. The van der Waals surface area contributed by atoms with Gasteiger partial charge in [-0.3, -0.25) is 0 Å². The predicted octanol–water partition coefficient (Wildman–Crippen LogP) is 1.74. The number of nitrogens with two attached hydrogens (primary N) is 1. The monoisotopic (exact) mass is 271 g/mol. The quantitative estimate of drug-likeness (QED) is 0.799. The second-order valence-corrected chi connectivity index (χ2v) is 5.44. The molecule has 0 amide bonds. The second kappa shape index (κ2) is 6.75. The topological polar surface area (TPSA) is 58.3 Å². The van der Waals surface area contributed by atoms with Gasteiger partial charge in [0.2, 0.25) is 5.95 Å². The Balaban J connectivity index is 2.86. The molecule has 0 aliphatic carbocycles. The average Bonchev–Trinajstić information content (AvgIpc) is 2.22. The molecule has 0 saturated heterocycles. The van der Waals surface area contributed by atoms with E-state index in [-0.39, 0.29) is 5.95 Å². The summed E-state index contributed by atoms with van der Waals surface area (Å²) in [6.45, 7) is 7.11. The first kappa shape index (κ1) is 15.0. The number of anilines is 2. The molecule has 1 rings (SSSR count). The van der Waals surface area contributed by atoms with Gasteiger partial charge < -0.3 is 15.5 Å². The van der Waals surface area contributed by atoms with Crippen molar-refractivity contribution in [2.24, 2.45) is 5.92 Å². The van der Waals surface area contributed by atoms with Crippen LogP contribution in [0.15, 0.2) is 6.07 Å². The van der Waals surface area contributed by atoms with Crippen LogP contribution >= 0.6 is 11.6 Å². The lowest BCUT2D eigenvalue weighted by Crippen LogP contribution is -2.35. The Hall–Kier alpha value is -1.07. The van der Waals surface area contributed by atoms with Crippen LogP contribution in [0.5, 0.6) is 0 Å². The lowest BCUT2D eigenvalue weighted by Gasteiger charge is -2.27. The summed E-state index contributed by atoms with van der Waals surface area (Å²) in [7, 11) is 4.10. The molecule has 0 aromatic carbocycles. The molecule has 6 heteroatoms. The fourth-order valence-corrected chi connectivity index (χ4v) is 1.83. The van der Waals surface area contributed by atoms with Crippen LogP contribution in [0, 0.1) is 5.92 Å². The van der Waals surface area contributed by atoms with Crippen molar-refractivity contribution in [3.05, 3.63) is 11.2 Å². The molecule has 0 bridgehead atoms. The van der Waals surface area contributed by atoms with Gasteiger partial charge in [0.15, 0.2) is 0 Å². The summed E-state index contributed by atoms with van der Waals surface area (Å²) in [6, 6.07) is 1.76. The Bertz CT molecular complexity index is 360. The molecule has 0 spiro atoms. The highest BCUT2D eigenvalue weighted by Gasteiger charge is 2.12. The van der Waals surface area contributed by atoms with E-state index in [4.69, 9.17) is 17.3 Å². The fraction of sp³-hybridized carbons (Fsp3) is 0.667. The Morgan fingerprint density at radius 1 is 1.28 bits per heavy atom. The number of rotatable bonds is 6. The Morgan fingerprint density at radius 2 is 1.94 bits per heavy atom. The molecule has 0 aliphatic rings. The van der Waals surface area contributed by atoms with Crippen LogP contribution in [0.3, 0.4) is 0 Å². The van der Waals surface area contributed by atoms with Crippen LogP contribution in [0.4, 0.5) is 11.8 Å². The molecule has 1 aromatic rings. The van der Waals surface area contributed by atoms with Gasteiger partial charge in [-0.05, 0) is 20.0 Å². The summed E-state index contributed by atoms with van der Waals surface area (Å²) in [5, 5.41) is 0.385. The minimum absolute atomic E-state index is 0.219. The van der Waals surface area contributed by atoms with Gasteiger partial charge in [-0.15, -0.1) is 0 Å². The maximum Gasteiger partial charge on any atom is 0.223 e. The van der Waals surface area contributed by atoms with E-state index in [9.17, 15) is 0 Å². The summed E-state index contributed by atoms with van der Waals surface area (Å²) >= 11 is 5.93. The smallest absolute Gasteiger partial charge is 0.223 e. The zero-order valence-corrected chi connectivity index (χ0v) is 12.3. The SMILES string of the molecule is CC(C)CN(CCN(C)C)c1cc(Cl)nc(N)n1. The van der Waals surface area contributed by atoms with E-state index in [1.165, 1.54) is 0 Å². The minimum Gasteiger partial charge on any atom is -0.368 e. The Kier molecular flexibility index (Phi) is 5.62. The molecule has 5 nitrogen and oxygen atoms in total. The van der Waals surface area contributed by atoms with Gasteiger partial charge in [0.1, 0.15) is 11.0 Å². The van der Waals surface area contributed by atoms with Crippen molar-refractivity contribution in [1.82, 2.24) is 14.9 Å². The van der Waals surface area contributed by atoms with Crippen molar-refractivity contribution in [2.45, 2.75) is 13.8 Å². The molecule has 1 aromatic heterocycles. The average molecular weight is 272 g/mol. The molecule has 0 unspecified atom stereocenters. The van der Waals surface area contributed by atoms with Crippen LogP contribution in [-0.2, 0) is 0 Å². The van der Waals surface area contributed by atoms with Gasteiger partial charge in [0, 0.05) is 25.7 Å². The van der Waals surface area contributed by atoms with Crippen molar-refractivity contribution in [3.8, 4) is 0 Å². The van der Waals surface area contributed by atoms with E-state index in [0.717, 1.165) is 25.5 Å². The van der Waals surface area contributed by atoms with Crippen molar-refractivity contribution < 1.29 is 0 Å². The summed E-state index contributed by atoms with van der Waals surface area (Å²) in [5.74, 6) is 1.56. The van der Waals surface area contributed by atoms with Gasteiger partial charge in [0.25, 0.3) is 0 Å². The molecular weight excluding hydrogens is 250 g/mol. The number of aromatic nitrogens is 2. The highest BCUT2D eigenvalue weighted by Crippen LogP contribution is 2.18. The summed E-state index contributed by atoms with van der Waals surface area (Å²) in [5.41, 5.74) is 5.64. The first-order valence-electron chi connectivity index (χ1n) is 6.08. The van der Waals surface area contributed by atoms with E-state index in [1.54, 1.807) is 6.07 Å². The third kappa shape index (κ3) is 5.06. The van der Waals surface area contributed by atoms with Gasteiger partial charge in [-0.2, -0.15) is 4.98 Å². The van der Waals surface area contributed by atoms with Crippen molar-refractivity contribution in [1.29, 1.82) is 0 Å². The highest BCUT2D eigenvalue weighted by molar-refractivity contribution is 6.29. The molecule has 0 fully saturated rings. The summed E-state index contributed by atoms with van der Waals surface area (Å²) in [6.07, 6.45) is 0. The molecule has 1 heterocycles. The minimum atomic E-state index is 0.219. The van der Waals surface area contributed by atoms with Gasteiger partial charge in [-0.1, -0.05) is 25.4 Å². The zero-order chi connectivity index (χ0) is 13.7. The molecule has 102 valence electrons. The number of hydrogen-bond donors (Lipinski definition) is 1. The number of hydrogen-bond acceptors (Lipinski definition) is 5. The third-order valence-electron chi connectivity index (χ3n) is 2.43. The van der Waals surface area contributed by atoms with Crippen LogP contribution < -0.4 is 10.6 Å². The standard InChI is InChI=1S/C12H22ClN5/c1-9(2)8-18(6-5-17(3)4)11-7-10(13)15-12(14)16-11/h7,9H,5-6,8H2,1-4H3,(H2,14,15,16). The predicted molar refractivity (Wildman–Crippen MR) is 77.1 cm³/mol. The van der Waals surface area contributed by atoms with E-state index in [2.05, 4.69) is 47.7 Å². The lowest BCUT2D eigenvalue weighted by molar-refractivity contribution is 0.408. The normalized spacial score (nSPS) is 11.3. The van der Waals surface area contributed by atoms with E-state index in [0.29, 0.717) is 11.1 Å². The lowest BCUT2D eigenvalue weighted by atomic mass is 10.2. The third-order valence-corrected chi connectivity index (χ3v) is 2.62. The number of likely N-dealkylation sites (N-methyl/N-ethyl adjacent to an activating group) is 1. The molecule has 0 atom stereocenters. The maximum atomic E-state index is 5.93. The number of nitrogens with zero attached hydrogens (tertiary/aromatic N) is 4. The molecular formula is C12H22ClN5. The summed E-state index contributed by atoms with van der Waals surface area (Å²) in [4.78, 5) is 12.5. The second-order valence-electron chi connectivity index (χ2n) is 5.05. The molecule has 18 heavy (non-hydrogen) atoms. The summed E-state index contributed by atoms with van der Waals surface area (Å²) < 4.78 is 0. The first-order valence-corrected chi connectivity index (χ1v) is 6.46. The van der Waals surface area contributed by atoms with E-state index in [1.807, 2.05) is 0 Å². The van der Waals surface area contributed by atoms with Gasteiger partial charge in [0.05, 0.1) is 0 Å². The van der Waals surface area contributed by atoms with Crippen LogP contribution in [-0.4, -0.2) is 48.6 Å². The molecule has 0 radical (unpaired) electrons. The van der Waals surface area contributed by atoms with Crippen LogP contribution in [0.2, 0.25) is 5.15 Å². The zero-order valence-electron chi connectivity index (χ0n) is 11.5. The largest absolute Gasteiger partial charge is 0.368 e. The van der Waals surface area contributed by atoms with Crippen LogP contribution in [0.25, 0.3) is 0 Å².